The van der Waals surface area contributed by atoms with Crippen LogP contribution in [0, 0.1) is 0 Å². The van der Waals surface area contributed by atoms with Gasteiger partial charge in [-0.05, 0) is 30.5 Å². The highest BCUT2D eigenvalue weighted by molar-refractivity contribution is 7.13. The van der Waals surface area contributed by atoms with Gasteiger partial charge in [0.15, 0.2) is 5.13 Å². The SMILES string of the molecule is OCc1csc(N2CCC[C@H](c3nccn3Cc3ccncc3)C2)n1. The van der Waals surface area contributed by atoms with Crippen molar-refractivity contribution < 1.29 is 5.11 Å². The molecule has 1 aliphatic rings. The maximum Gasteiger partial charge on any atom is 0.185 e. The van der Waals surface area contributed by atoms with E-state index in [1.807, 2.05) is 36.1 Å². The van der Waals surface area contributed by atoms with Crippen molar-refractivity contribution in [2.24, 2.45) is 0 Å². The van der Waals surface area contributed by atoms with E-state index in [4.69, 9.17) is 0 Å². The highest BCUT2D eigenvalue weighted by Gasteiger charge is 2.26. The summed E-state index contributed by atoms with van der Waals surface area (Å²) in [6.07, 6.45) is 9.87. The first-order valence-electron chi connectivity index (χ1n) is 8.53. The molecule has 1 saturated heterocycles. The average molecular weight is 355 g/mol. The molecule has 0 saturated carbocycles. The molecule has 1 N–H and O–H groups in total. The topological polar surface area (TPSA) is 67.1 Å². The number of hydrogen-bond donors (Lipinski definition) is 1. The normalized spacial score (nSPS) is 17.8. The molecule has 0 aliphatic carbocycles. The molecule has 4 rings (SSSR count). The molecule has 1 atom stereocenters. The van der Waals surface area contributed by atoms with Crippen molar-refractivity contribution in [1.82, 2.24) is 19.5 Å². The Morgan fingerprint density at radius 3 is 2.92 bits per heavy atom. The molecule has 3 aromatic rings. The first-order valence-corrected chi connectivity index (χ1v) is 9.41. The van der Waals surface area contributed by atoms with E-state index in [0.717, 1.165) is 49.1 Å². The lowest BCUT2D eigenvalue weighted by molar-refractivity contribution is 0.277. The second-order valence-corrected chi connectivity index (χ2v) is 7.17. The number of piperidine rings is 1. The minimum Gasteiger partial charge on any atom is -0.390 e. The van der Waals surface area contributed by atoms with Gasteiger partial charge in [-0.1, -0.05) is 0 Å². The molecule has 0 amide bonds. The third-order valence-corrected chi connectivity index (χ3v) is 5.56. The highest BCUT2D eigenvalue weighted by atomic mass is 32.1. The van der Waals surface area contributed by atoms with Crippen LogP contribution in [0.15, 0.2) is 42.3 Å². The molecular formula is C18H21N5OS. The van der Waals surface area contributed by atoms with E-state index in [-0.39, 0.29) is 6.61 Å². The van der Waals surface area contributed by atoms with Crippen LogP contribution in [0.3, 0.4) is 0 Å². The Morgan fingerprint density at radius 2 is 2.12 bits per heavy atom. The number of nitrogens with zero attached hydrogens (tertiary/aromatic N) is 5. The molecule has 4 heterocycles. The number of aliphatic hydroxyl groups is 1. The number of imidazole rings is 1. The van der Waals surface area contributed by atoms with E-state index in [9.17, 15) is 5.11 Å². The highest BCUT2D eigenvalue weighted by Crippen LogP contribution is 2.31. The number of aliphatic hydroxyl groups excluding tert-OH is 1. The van der Waals surface area contributed by atoms with Gasteiger partial charge in [0.1, 0.15) is 5.82 Å². The monoisotopic (exact) mass is 355 g/mol. The quantitative estimate of drug-likeness (QED) is 0.762. The van der Waals surface area contributed by atoms with Gasteiger partial charge < -0.3 is 14.6 Å². The van der Waals surface area contributed by atoms with E-state index >= 15 is 0 Å². The fourth-order valence-corrected chi connectivity index (χ4v) is 4.23. The van der Waals surface area contributed by atoms with Gasteiger partial charge >= 0.3 is 0 Å². The predicted octanol–water partition coefficient (Wildman–Crippen LogP) is 2.66. The molecule has 3 aromatic heterocycles. The Hall–Kier alpha value is -2.25. The molecule has 25 heavy (non-hydrogen) atoms. The van der Waals surface area contributed by atoms with Crippen molar-refractivity contribution >= 4 is 16.5 Å². The minimum atomic E-state index is 0.00407. The molecule has 0 spiro atoms. The van der Waals surface area contributed by atoms with E-state index in [0.29, 0.717) is 5.92 Å². The van der Waals surface area contributed by atoms with Gasteiger partial charge in [0.05, 0.1) is 12.3 Å². The van der Waals surface area contributed by atoms with Crippen molar-refractivity contribution in [2.75, 3.05) is 18.0 Å². The van der Waals surface area contributed by atoms with Crippen molar-refractivity contribution in [3.8, 4) is 0 Å². The van der Waals surface area contributed by atoms with Crippen LogP contribution >= 0.6 is 11.3 Å². The predicted molar refractivity (Wildman–Crippen MR) is 97.8 cm³/mol. The largest absolute Gasteiger partial charge is 0.390 e. The maximum absolute atomic E-state index is 9.24. The van der Waals surface area contributed by atoms with Crippen LogP contribution in [0.25, 0.3) is 0 Å². The Kier molecular flexibility index (Phi) is 4.76. The number of anilines is 1. The molecule has 0 bridgehead atoms. The molecule has 1 fully saturated rings. The molecule has 1 aliphatic heterocycles. The summed E-state index contributed by atoms with van der Waals surface area (Å²) in [5.74, 6) is 1.53. The zero-order valence-electron chi connectivity index (χ0n) is 14.0. The number of aromatic nitrogens is 4. The lowest BCUT2D eigenvalue weighted by Crippen LogP contribution is -2.35. The minimum absolute atomic E-state index is 0.00407. The summed E-state index contributed by atoms with van der Waals surface area (Å²) in [5, 5.41) is 12.2. The summed E-state index contributed by atoms with van der Waals surface area (Å²) >= 11 is 1.61. The molecule has 0 aromatic carbocycles. The lowest BCUT2D eigenvalue weighted by Gasteiger charge is -2.32. The molecular weight excluding hydrogens is 334 g/mol. The molecule has 6 nitrogen and oxygen atoms in total. The van der Waals surface area contributed by atoms with Gasteiger partial charge in [0, 0.05) is 55.7 Å². The Bertz CT molecular complexity index is 816. The number of hydrogen-bond acceptors (Lipinski definition) is 6. The van der Waals surface area contributed by atoms with Crippen LogP contribution in [0.5, 0.6) is 0 Å². The zero-order chi connectivity index (χ0) is 17.1. The van der Waals surface area contributed by atoms with Crippen LogP contribution in [-0.4, -0.2) is 37.7 Å². The average Bonchev–Trinajstić information content (AvgIpc) is 3.32. The summed E-state index contributed by atoms with van der Waals surface area (Å²) in [4.78, 5) is 15.6. The fraction of sp³-hybridized carbons (Fsp3) is 0.389. The van der Waals surface area contributed by atoms with Crippen LogP contribution in [0.4, 0.5) is 5.13 Å². The van der Waals surface area contributed by atoms with Gasteiger partial charge in [-0.25, -0.2) is 9.97 Å². The Labute approximate surface area is 150 Å². The van der Waals surface area contributed by atoms with Gasteiger partial charge in [0.25, 0.3) is 0 Å². The second-order valence-electron chi connectivity index (χ2n) is 6.33. The first kappa shape index (κ1) is 16.2. The zero-order valence-corrected chi connectivity index (χ0v) is 14.8. The third kappa shape index (κ3) is 3.57. The Balaban J connectivity index is 1.51. The van der Waals surface area contributed by atoms with E-state index in [1.165, 1.54) is 5.56 Å². The van der Waals surface area contributed by atoms with E-state index < -0.39 is 0 Å². The summed E-state index contributed by atoms with van der Waals surface area (Å²) in [7, 11) is 0. The Morgan fingerprint density at radius 1 is 1.24 bits per heavy atom. The lowest BCUT2D eigenvalue weighted by atomic mass is 9.97. The van der Waals surface area contributed by atoms with Crippen molar-refractivity contribution in [3.05, 3.63) is 59.4 Å². The van der Waals surface area contributed by atoms with Gasteiger partial charge in [-0.2, -0.15) is 0 Å². The third-order valence-electron chi connectivity index (χ3n) is 4.61. The van der Waals surface area contributed by atoms with E-state index in [1.54, 1.807) is 11.3 Å². The van der Waals surface area contributed by atoms with Gasteiger partial charge in [0.2, 0.25) is 0 Å². The molecule has 7 heteroatoms. The first-order chi connectivity index (χ1) is 12.3. The van der Waals surface area contributed by atoms with Crippen LogP contribution in [-0.2, 0) is 13.2 Å². The molecule has 0 radical (unpaired) electrons. The van der Waals surface area contributed by atoms with Crippen molar-refractivity contribution in [1.29, 1.82) is 0 Å². The second kappa shape index (κ2) is 7.33. The van der Waals surface area contributed by atoms with Gasteiger partial charge in [-0.3, -0.25) is 4.98 Å². The smallest absolute Gasteiger partial charge is 0.185 e. The fourth-order valence-electron chi connectivity index (χ4n) is 3.37. The summed E-state index contributed by atoms with van der Waals surface area (Å²) in [6, 6.07) is 4.09. The number of rotatable bonds is 5. The van der Waals surface area contributed by atoms with E-state index in [2.05, 4.69) is 30.6 Å². The summed E-state index contributed by atoms with van der Waals surface area (Å²) in [6.45, 7) is 2.76. The summed E-state index contributed by atoms with van der Waals surface area (Å²) < 4.78 is 2.24. The molecule has 0 unspecified atom stereocenters. The van der Waals surface area contributed by atoms with Crippen LogP contribution in [0.2, 0.25) is 0 Å². The van der Waals surface area contributed by atoms with Crippen molar-refractivity contribution in [2.45, 2.75) is 31.9 Å². The standard InChI is InChI=1S/C18H21N5OS/c24-12-16-13-25-18(21-16)23-8-1-2-15(11-23)17-20-7-9-22(17)10-14-3-5-19-6-4-14/h3-7,9,13,15,24H,1-2,8,10-12H2/t15-/m0/s1. The van der Waals surface area contributed by atoms with Gasteiger partial charge in [-0.15, -0.1) is 11.3 Å². The van der Waals surface area contributed by atoms with Crippen LogP contribution < -0.4 is 4.90 Å². The van der Waals surface area contributed by atoms with Crippen LogP contribution in [0.1, 0.15) is 35.8 Å². The number of thiazole rings is 1. The van der Waals surface area contributed by atoms with Crippen molar-refractivity contribution in [3.63, 3.8) is 0 Å². The maximum atomic E-state index is 9.24. The number of pyridine rings is 1. The molecule has 130 valence electrons. The summed E-state index contributed by atoms with van der Waals surface area (Å²) in [5.41, 5.74) is 1.98.